The molecule has 1 amide bonds. The summed E-state index contributed by atoms with van der Waals surface area (Å²) in [5, 5.41) is 2.75. The van der Waals surface area contributed by atoms with E-state index < -0.39 is 18.0 Å². The van der Waals surface area contributed by atoms with Crippen LogP contribution in [0.15, 0.2) is 42.5 Å². The van der Waals surface area contributed by atoms with Crippen molar-refractivity contribution in [2.75, 3.05) is 5.32 Å². The van der Waals surface area contributed by atoms with E-state index in [1.807, 2.05) is 43.3 Å². The first kappa shape index (κ1) is 20.8. The predicted octanol–water partition coefficient (Wildman–Crippen LogP) is 4.41. The van der Waals surface area contributed by atoms with Gasteiger partial charge in [0.1, 0.15) is 0 Å². The third-order valence-corrected chi connectivity index (χ3v) is 5.31. The van der Waals surface area contributed by atoms with Crippen molar-refractivity contribution in [1.29, 1.82) is 0 Å². The topological polar surface area (TPSA) is 72.5 Å². The van der Waals surface area contributed by atoms with Crippen LogP contribution in [0.2, 0.25) is 0 Å². The molecule has 2 aromatic rings. The van der Waals surface area contributed by atoms with Gasteiger partial charge in [-0.05, 0) is 68.4 Å². The molecule has 0 heterocycles. The molecule has 1 aliphatic rings. The third kappa shape index (κ3) is 5.53. The SMILES string of the molecule is Cc1ccccc1NC(=O)C(C)OC(=O)CCC(=O)c1ccc2c(c1)CCCC2. The number of rotatable bonds is 7. The van der Waals surface area contributed by atoms with E-state index in [4.69, 9.17) is 4.74 Å². The Morgan fingerprint density at radius 3 is 2.48 bits per heavy atom. The molecule has 0 saturated carbocycles. The van der Waals surface area contributed by atoms with Crippen LogP contribution in [0, 0.1) is 6.92 Å². The molecule has 5 heteroatoms. The minimum Gasteiger partial charge on any atom is -0.453 e. The van der Waals surface area contributed by atoms with Gasteiger partial charge in [0.2, 0.25) is 0 Å². The maximum Gasteiger partial charge on any atom is 0.307 e. The highest BCUT2D eigenvalue weighted by Gasteiger charge is 2.20. The summed E-state index contributed by atoms with van der Waals surface area (Å²) in [6.45, 7) is 3.41. The second-order valence-corrected chi connectivity index (χ2v) is 7.55. The summed E-state index contributed by atoms with van der Waals surface area (Å²) < 4.78 is 5.20. The molecule has 1 atom stereocenters. The Labute approximate surface area is 171 Å². The third-order valence-electron chi connectivity index (χ3n) is 5.31. The van der Waals surface area contributed by atoms with Gasteiger partial charge >= 0.3 is 5.97 Å². The maximum atomic E-state index is 12.4. The number of amides is 1. The van der Waals surface area contributed by atoms with Gasteiger partial charge in [0.15, 0.2) is 11.9 Å². The summed E-state index contributed by atoms with van der Waals surface area (Å²) in [6.07, 6.45) is 3.52. The van der Waals surface area contributed by atoms with Crippen LogP contribution in [0.4, 0.5) is 5.69 Å². The van der Waals surface area contributed by atoms with Crippen molar-refractivity contribution < 1.29 is 19.1 Å². The Morgan fingerprint density at radius 1 is 1.00 bits per heavy atom. The molecule has 0 aromatic heterocycles. The number of hydrogen-bond acceptors (Lipinski definition) is 4. The van der Waals surface area contributed by atoms with Gasteiger partial charge in [0.25, 0.3) is 5.91 Å². The first-order chi connectivity index (χ1) is 13.9. The molecule has 0 aliphatic heterocycles. The minimum atomic E-state index is -0.930. The van der Waals surface area contributed by atoms with Crippen LogP contribution in [-0.2, 0) is 27.2 Å². The number of nitrogens with one attached hydrogen (secondary N) is 1. The second kappa shape index (κ2) is 9.50. The Kier molecular flexibility index (Phi) is 6.81. The van der Waals surface area contributed by atoms with Crippen LogP contribution >= 0.6 is 0 Å². The van der Waals surface area contributed by atoms with E-state index in [9.17, 15) is 14.4 Å². The quantitative estimate of drug-likeness (QED) is 0.559. The molecule has 29 heavy (non-hydrogen) atoms. The number of ketones is 1. The van der Waals surface area contributed by atoms with Crippen molar-refractivity contribution >= 4 is 23.3 Å². The Morgan fingerprint density at radius 2 is 1.72 bits per heavy atom. The molecule has 0 radical (unpaired) electrons. The van der Waals surface area contributed by atoms with Gasteiger partial charge in [-0.1, -0.05) is 30.3 Å². The van der Waals surface area contributed by atoms with Crippen LogP contribution in [0.5, 0.6) is 0 Å². The average molecular weight is 393 g/mol. The molecule has 1 N–H and O–H groups in total. The zero-order valence-corrected chi connectivity index (χ0v) is 17.0. The lowest BCUT2D eigenvalue weighted by atomic mass is 9.89. The van der Waals surface area contributed by atoms with E-state index in [0.717, 1.165) is 24.8 Å². The van der Waals surface area contributed by atoms with E-state index >= 15 is 0 Å². The van der Waals surface area contributed by atoms with Crippen LogP contribution in [-0.4, -0.2) is 23.8 Å². The summed E-state index contributed by atoms with van der Waals surface area (Å²) in [5.41, 5.74) is 4.81. The monoisotopic (exact) mass is 393 g/mol. The minimum absolute atomic E-state index is 0.0437. The molecule has 5 nitrogen and oxygen atoms in total. The van der Waals surface area contributed by atoms with Gasteiger partial charge in [-0.15, -0.1) is 0 Å². The molecule has 1 aliphatic carbocycles. The van der Waals surface area contributed by atoms with E-state index in [-0.39, 0.29) is 18.6 Å². The number of para-hydroxylation sites is 1. The smallest absolute Gasteiger partial charge is 0.307 e. The Hall–Kier alpha value is -2.95. The van der Waals surface area contributed by atoms with Crippen LogP contribution < -0.4 is 5.32 Å². The first-order valence-electron chi connectivity index (χ1n) is 10.1. The van der Waals surface area contributed by atoms with Crippen molar-refractivity contribution in [3.63, 3.8) is 0 Å². The number of fused-ring (bicyclic) bond motifs is 1. The lowest BCUT2D eigenvalue weighted by Crippen LogP contribution is -2.30. The summed E-state index contributed by atoms with van der Waals surface area (Å²) in [6, 6.07) is 13.2. The summed E-state index contributed by atoms with van der Waals surface area (Å²) in [5.74, 6) is -1.02. The van der Waals surface area contributed by atoms with Gasteiger partial charge < -0.3 is 10.1 Å². The van der Waals surface area contributed by atoms with Gasteiger partial charge in [0.05, 0.1) is 6.42 Å². The lowest BCUT2D eigenvalue weighted by molar-refractivity contribution is -0.153. The van der Waals surface area contributed by atoms with Crippen LogP contribution in [0.1, 0.15) is 59.7 Å². The molecule has 0 spiro atoms. The van der Waals surface area contributed by atoms with Gasteiger partial charge in [0, 0.05) is 17.7 Å². The fourth-order valence-corrected chi connectivity index (χ4v) is 3.52. The fourth-order valence-electron chi connectivity index (χ4n) is 3.52. The number of ether oxygens (including phenoxy) is 1. The van der Waals surface area contributed by atoms with Crippen LogP contribution in [0.3, 0.4) is 0 Å². The maximum absolute atomic E-state index is 12.4. The molecule has 0 saturated heterocycles. The highest BCUT2D eigenvalue weighted by Crippen LogP contribution is 2.23. The van der Waals surface area contributed by atoms with Crippen molar-refractivity contribution in [2.45, 2.75) is 58.5 Å². The predicted molar refractivity (Wildman–Crippen MR) is 112 cm³/mol. The summed E-state index contributed by atoms with van der Waals surface area (Å²) >= 11 is 0. The molecule has 3 rings (SSSR count). The Balaban J connectivity index is 1.48. The molecule has 0 fully saturated rings. The van der Waals surface area contributed by atoms with Crippen molar-refractivity contribution in [2.24, 2.45) is 0 Å². The van der Waals surface area contributed by atoms with E-state index in [1.54, 1.807) is 6.07 Å². The van der Waals surface area contributed by atoms with Crippen molar-refractivity contribution in [3.05, 3.63) is 64.7 Å². The standard InChI is InChI=1S/C24H27NO4/c1-16-7-3-6-10-21(16)25-24(28)17(2)29-23(27)14-13-22(26)20-12-11-18-8-4-5-9-19(18)15-20/h3,6-7,10-12,15,17H,4-5,8-9,13-14H2,1-2H3,(H,25,28). The number of esters is 1. The highest BCUT2D eigenvalue weighted by atomic mass is 16.5. The number of aryl methyl sites for hydroxylation is 3. The van der Waals surface area contributed by atoms with E-state index in [0.29, 0.717) is 11.3 Å². The lowest BCUT2D eigenvalue weighted by Gasteiger charge is -2.16. The van der Waals surface area contributed by atoms with Gasteiger partial charge in [-0.3, -0.25) is 14.4 Å². The number of benzene rings is 2. The molecule has 1 unspecified atom stereocenters. The largest absolute Gasteiger partial charge is 0.453 e. The molecular formula is C24H27NO4. The summed E-state index contributed by atoms with van der Waals surface area (Å²) in [4.78, 5) is 36.8. The van der Waals surface area contributed by atoms with Gasteiger partial charge in [-0.2, -0.15) is 0 Å². The number of carbonyl (C=O) groups is 3. The first-order valence-corrected chi connectivity index (χ1v) is 10.1. The zero-order valence-electron chi connectivity index (χ0n) is 17.0. The second-order valence-electron chi connectivity index (χ2n) is 7.55. The number of hydrogen-bond donors (Lipinski definition) is 1. The van der Waals surface area contributed by atoms with Crippen molar-refractivity contribution in [1.82, 2.24) is 0 Å². The molecule has 152 valence electrons. The summed E-state index contributed by atoms with van der Waals surface area (Å²) in [7, 11) is 0. The Bertz CT molecular complexity index is 919. The number of carbonyl (C=O) groups excluding carboxylic acids is 3. The zero-order chi connectivity index (χ0) is 20.8. The van der Waals surface area contributed by atoms with Crippen molar-refractivity contribution in [3.8, 4) is 0 Å². The van der Waals surface area contributed by atoms with E-state index in [2.05, 4.69) is 5.32 Å². The number of Topliss-reactive ketones (excluding diaryl/α,β-unsaturated/α-hetero) is 1. The fraction of sp³-hybridized carbons (Fsp3) is 0.375. The highest BCUT2D eigenvalue weighted by molar-refractivity contribution is 5.98. The average Bonchev–Trinajstić information content (AvgIpc) is 2.73. The molecule has 0 bridgehead atoms. The van der Waals surface area contributed by atoms with Gasteiger partial charge in [-0.25, -0.2) is 0 Å². The van der Waals surface area contributed by atoms with E-state index in [1.165, 1.54) is 24.5 Å². The normalized spacial score (nSPS) is 13.9. The van der Waals surface area contributed by atoms with Crippen LogP contribution in [0.25, 0.3) is 0 Å². The molecular weight excluding hydrogens is 366 g/mol. The number of anilines is 1. The molecule has 2 aromatic carbocycles.